The average molecular weight is 243 g/mol. The zero-order valence-electron chi connectivity index (χ0n) is 10.2. The van der Waals surface area contributed by atoms with Crippen molar-refractivity contribution >= 4 is 23.1 Å². The van der Waals surface area contributed by atoms with E-state index in [2.05, 4.69) is 67.7 Å². The van der Waals surface area contributed by atoms with Gasteiger partial charge in [0.15, 0.2) is 0 Å². The standard InChI is InChI=1S/C12H9NS.C3H8/c1-3-7-11-9(5-1)13-10-6-2-4-8-12(10)14-11;1-3-2/h1-8,13H;3H2,1-2H3. The van der Waals surface area contributed by atoms with E-state index in [4.69, 9.17) is 0 Å². The van der Waals surface area contributed by atoms with Crippen molar-refractivity contribution in [1.29, 1.82) is 0 Å². The van der Waals surface area contributed by atoms with Gasteiger partial charge in [0.1, 0.15) is 0 Å². The van der Waals surface area contributed by atoms with Crippen molar-refractivity contribution in [3.8, 4) is 0 Å². The SMILES string of the molecule is CCC.c1ccc2c(c1)Nc1ccccc1S2. The van der Waals surface area contributed by atoms with Gasteiger partial charge in [0.2, 0.25) is 0 Å². The summed E-state index contributed by atoms with van der Waals surface area (Å²) >= 11 is 1.82. The van der Waals surface area contributed by atoms with Crippen LogP contribution in [-0.2, 0) is 0 Å². The van der Waals surface area contributed by atoms with Gasteiger partial charge in [0, 0.05) is 9.79 Å². The highest BCUT2D eigenvalue weighted by molar-refractivity contribution is 7.99. The lowest BCUT2D eigenvalue weighted by Gasteiger charge is -2.19. The second-order valence-electron chi connectivity index (χ2n) is 3.93. The van der Waals surface area contributed by atoms with Crippen molar-refractivity contribution < 1.29 is 0 Å². The molecule has 0 amide bonds. The minimum atomic E-state index is 1.20. The van der Waals surface area contributed by atoms with Crippen molar-refractivity contribution in [3.63, 3.8) is 0 Å². The quantitative estimate of drug-likeness (QED) is 0.574. The molecule has 0 fully saturated rings. The lowest BCUT2D eigenvalue weighted by molar-refractivity contribution is 1.09. The third-order valence-electron chi connectivity index (χ3n) is 2.26. The van der Waals surface area contributed by atoms with E-state index in [0.29, 0.717) is 0 Å². The fourth-order valence-corrected chi connectivity index (χ4v) is 2.57. The van der Waals surface area contributed by atoms with Crippen LogP contribution in [0.25, 0.3) is 0 Å². The Kier molecular flexibility index (Phi) is 4.10. The molecule has 0 atom stereocenters. The molecule has 1 aliphatic heterocycles. The van der Waals surface area contributed by atoms with E-state index in [1.54, 1.807) is 0 Å². The van der Waals surface area contributed by atoms with Gasteiger partial charge in [-0.3, -0.25) is 0 Å². The summed E-state index contributed by atoms with van der Waals surface area (Å²) in [5.41, 5.74) is 2.41. The summed E-state index contributed by atoms with van der Waals surface area (Å²) < 4.78 is 0. The Morgan fingerprint density at radius 1 is 0.824 bits per heavy atom. The molecule has 0 radical (unpaired) electrons. The maximum absolute atomic E-state index is 3.42. The van der Waals surface area contributed by atoms with E-state index in [-0.39, 0.29) is 0 Å². The highest BCUT2D eigenvalue weighted by Gasteiger charge is 2.13. The number of para-hydroxylation sites is 2. The first-order chi connectivity index (χ1) is 8.35. The molecule has 88 valence electrons. The minimum Gasteiger partial charge on any atom is -0.354 e. The van der Waals surface area contributed by atoms with Crippen molar-refractivity contribution in [2.24, 2.45) is 0 Å². The Labute approximate surface area is 107 Å². The third-order valence-corrected chi connectivity index (χ3v) is 3.42. The molecule has 1 heterocycles. The van der Waals surface area contributed by atoms with Gasteiger partial charge in [-0.15, -0.1) is 0 Å². The predicted molar refractivity (Wildman–Crippen MR) is 76.3 cm³/mol. The number of hydrogen-bond acceptors (Lipinski definition) is 2. The first kappa shape index (κ1) is 12.1. The molecule has 2 aromatic rings. The van der Waals surface area contributed by atoms with Crippen LogP contribution in [0, 0.1) is 0 Å². The topological polar surface area (TPSA) is 12.0 Å². The predicted octanol–water partition coefficient (Wildman–Crippen LogP) is 5.31. The largest absolute Gasteiger partial charge is 0.354 e. The lowest BCUT2D eigenvalue weighted by atomic mass is 10.2. The van der Waals surface area contributed by atoms with E-state index in [9.17, 15) is 0 Å². The van der Waals surface area contributed by atoms with Gasteiger partial charge < -0.3 is 5.32 Å². The van der Waals surface area contributed by atoms with Crippen LogP contribution in [0.15, 0.2) is 58.3 Å². The maximum atomic E-state index is 3.42. The molecule has 0 spiro atoms. The molecule has 1 aliphatic rings. The Morgan fingerprint density at radius 2 is 1.24 bits per heavy atom. The first-order valence-electron chi connectivity index (χ1n) is 5.98. The summed E-state index contributed by atoms with van der Waals surface area (Å²) in [5.74, 6) is 0. The highest BCUT2D eigenvalue weighted by atomic mass is 32.2. The van der Waals surface area contributed by atoms with Gasteiger partial charge in [-0.2, -0.15) is 0 Å². The number of rotatable bonds is 0. The van der Waals surface area contributed by atoms with Gasteiger partial charge in [-0.25, -0.2) is 0 Å². The fraction of sp³-hybridized carbons (Fsp3) is 0.200. The molecule has 0 bridgehead atoms. The van der Waals surface area contributed by atoms with Crippen LogP contribution in [0.4, 0.5) is 11.4 Å². The number of anilines is 2. The third kappa shape index (κ3) is 2.83. The zero-order chi connectivity index (χ0) is 12.1. The average Bonchev–Trinajstić information content (AvgIpc) is 2.37. The Morgan fingerprint density at radius 3 is 1.71 bits per heavy atom. The van der Waals surface area contributed by atoms with Gasteiger partial charge >= 0.3 is 0 Å². The molecular weight excluding hydrogens is 226 g/mol. The molecule has 0 aromatic heterocycles. The van der Waals surface area contributed by atoms with Crippen LogP contribution in [0.3, 0.4) is 0 Å². The summed E-state index contributed by atoms with van der Waals surface area (Å²) in [5, 5.41) is 3.42. The molecule has 1 N–H and O–H groups in total. The molecule has 3 rings (SSSR count). The van der Waals surface area contributed by atoms with Crippen LogP contribution >= 0.6 is 11.8 Å². The van der Waals surface area contributed by atoms with Crippen molar-refractivity contribution in [2.75, 3.05) is 5.32 Å². The molecule has 0 saturated carbocycles. The lowest BCUT2D eigenvalue weighted by Crippen LogP contribution is -1.98. The molecule has 0 aliphatic carbocycles. The molecule has 2 heteroatoms. The van der Waals surface area contributed by atoms with Gasteiger partial charge in [-0.05, 0) is 24.3 Å². The zero-order valence-corrected chi connectivity index (χ0v) is 11.1. The second-order valence-corrected chi connectivity index (χ2v) is 5.01. The van der Waals surface area contributed by atoms with E-state index in [1.807, 2.05) is 11.8 Å². The molecule has 0 unspecified atom stereocenters. The maximum Gasteiger partial charge on any atom is 0.0526 e. The normalized spacial score (nSPS) is 11.4. The number of hydrogen-bond donors (Lipinski definition) is 1. The van der Waals surface area contributed by atoms with Crippen molar-refractivity contribution in [1.82, 2.24) is 0 Å². The number of benzene rings is 2. The summed E-state index contributed by atoms with van der Waals surface area (Å²) in [6.07, 6.45) is 1.25. The molecular formula is C15H17NS. The second kappa shape index (κ2) is 5.78. The smallest absolute Gasteiger partial charge is 0.0526 e. The summed E-state index contributed by atoms with van der Waals surface area (Å²) in [4.78, 5) is 2.59. The van der Waals surface area contributed by atoms with E-state index in [1.165, 1.54) is 27.6 Å². The van der Waals surface area contributed by atoms with Crippen LogP contribution in [-0.4, -0.2) is 0 Å². The summed E-state index contributed by atoms with van der Waals surface area (Å²) in [6.45, 7) is 4.25. The number of nitrogens with one attached hydrogen (secondary N) is 1. The Bertz CT molecular complexity index is 406. The van der Waals surface area contributed by atoms with Gasteiger partial charge in [-0.1, -0.05) is 56.3 Å². The van der Waals surface area contributed by atoms with Crippen LogP contribution in [0.2, 0.25) is 0 Å². The van der Waals surface area contributed by atoms with Crippen LogP contribution in [0.5, 0.6) is 0 Å². The van der Waals surface area contributed by atoms with E-state index >= 15 is 0 Å². The molecule has 1 nitrogen and oxygen atoms in total. The fourth-order valence-electron chi connectivity index (χ4n) is 1.58. The van der Waals surface area contributed by atoms with Crippen molar-refractivity contribution in [3.05, 3.63) is 48.5 Å². The van der Waals surface area contributed by atoms with E-state index in [0.717, 1.165) is 0 Å². The Balaban J connectivity index is 0.000000329. The summed E-state index contributed by atoms with van der Waals surface area (Å²) in [6, 6.07) is 16.8. The number of fused-ring (bicyclic) bond motifs is 2. The summed E-state index contributed by atoms with van der Waals surface area (Å²) in [7, 11) is 0. The van der Waals surface area contributed by atoms with E-state index < -0.39 is 0 Å². The molecule has 0 saturated heterocycles. The highest BCUT2D eigenvalue weighted by Crippen LogP contribution is 2.43. The van der Waals surface area contributed by atoms with Crippen LogP contribution in [0.1, 0.15) is 20.3 Å². The van der Waals surface area contributed by atoms with Crippen molar-refractivity contribution in [2.45, 2.75) is 30.1 Å². The van der Waals surface area contributed by atoms with Gasteiger partial charge in [0.25, 0.3) is 0 Å². The minimum absolute atomic E-state index is 1.20. The monoisotopic (exact) mass is 243 g/mol. The molecule has 17 heavy (non-hydrogen) atoms. The first-order valence-corrected chi connectivity index (χ1v) is 6.79. The Hall–Kier alpha value is -1.41. The molecule has 2 aromatic carbocycles. The van der Waals surface area contributed by atoms with Gasteiger partial charge in [0.05, 0.1) is 11.4 Å². The van der Waals surface area contributed by atoms with Crippen LogP contribution < -0.4 is 5.32 Å².